The van der Waals surface area contributed by atoms with E-state index in [1.807, 2.05) is 0 Å². The number of alkyl carbamates (subject to hydrolysis) is 1. The van der Waals surface area contributed by atoms with Crippen LogP contribution in [0.3, 0.4) is 0 Å². The quantitative estimate of drug-likeness (QED) is 0.834. The average molecular weight is 241 g/mol. The number of cyclic esters (lactones) is 1. The lowest BCUT2D eigenvalue weighted by Gasteiger charge is -2.07. The van der Waals surface area contributed by atoms with E-state index in [1.54, 1.807) is 12.1 Å². The Kier molecular flexibility index (Phi) is 2.59. The number of sulfone groups is 1. The Bertz CT molecular complexity index is 506. The molecule has 1 N–H and O–H groups in total. The SMILES string of the molecule is CS(=O)(=O)c1ccc([C@H]2COC(=O)N2)cc1. The molecule has 0 unspecified atom stereocenters. The molecule has 1 aliphatic heterocycles. The highest BCUT2D eigenvalue weighted by atomic mass is 32.2. The fourth-order valence-corrected chi connectivity index (χ4v) is 2.14. The van der Waals surface area contributed by atoms with Crippen LogP contribution in [0.5, 0.6) is 0 Å². The third-order valence-corrected chi connectivity index (χ3v) is 3.51. The Morgan fingerprint density at radius 1 is 1.31 bits per heavy atom. The van der Waals surface area contributed by atoms with Crippen molar-refractivity contribution in [1.29, 1.82) is 0 Å². The summed E-state index contributed by atoms with van der Waals surface area (Å²) in [6.07, 6.45) is 0.708. The second-order valence-corrected chi connectivity index (χ2v) is 5.65. The van der Waals surface area contributed by atoms with Crippen LogP contribution in [0.1, 0.15) is 11.6 Å². The van der Waals surface area contributed by atoms with E-state index in [0.717, 1.165) is 11.8 Å². The number of hydrogen-bond donors (Lipinski definition) is 1. The zero-order chi connectivity index (χ0) is 11.8. The van der Waals surface area contributed by atoms with Crippen molar-refractivity contribution >= 4 is 15.9 Å². The highest BCUT2D eigenvalue weighted by molar-refractivity contribution is 7.90. The Hall–Kier alpha value is -1.56. The van der Waals surface area contributed by atoms with E-state index < -0.39 is 15.9 Å². The first-order valence-corrected chi connectivity index (χ1v) is 6.59. The molecule has 1 heterocycles. The molecule has 16 heavy (non-hydrogen) atoms. The van der Waals surface area contributed by atoms with Crippen LogP contribution in [0.25, 0.3) is 0 Å². The smallest absolute Gasteiger partial charge is 0.407 e. The van der Waals surface area contributed by atoms with Crippen molar-refractivity contribution in [2.24, 2.45) is 0 Å². The first kappa shape index (κ1) is 10.9. The summed E-state index contributed by atoms with van der Waals surface area (Å²) in [6, 6.07) is 6.21. The lowest BCUT2D eigenvalue weighted by molar-refractivity contribution is 0.177. The van der Waals surface area contributed by atoms with Crippen LogP contribution in [-0.4, -0.2) is 27.4 Å². The van der Waals surface area contributed by atoms with Crippen molar-refractivity contribution in [2.75, 3.05) is 12.9 Å². The third kappa shape index (κ3) is 2.16. The number of carbonyl (C=O) groups excluding carboxylic acids is 1. The molecule has 0 radical (unpaired) electrons. The van der Waals surface area contributed by atoms with Crippen LogP contribution in [0, 0.1) is 0 Å². The maximum Gasteiger partial charge on any atom is 0.407 e. The minimum absolute atomic E-state index is 0.193. The van der Waals surface area contributed by atoms with Gasteiger partial charge in [-0.15, -0.1) is 0 Å². The number of amides is 1. The molecule has 1 aromatic rings. The molecule has 86 valence electrons. The second-order valence-electron chi connectivity index (χ2n) is 3.64. The van der Waals surface area contributed by atoms with Gasteiger partial charge in [0.1, 0.15) is 6.61 Å². The highest BCUT2D eigenvalue weighted by Gasteiger charge is 2.23. The van der Waals surface area contributed by atoms with Crippen LogP contribution in [0.15, 0.2) is 29.2 Å². The summed E-state index contributed by atoms with van der Waals surface area (Å²) in [4.78, 5) is 11.1. The topological polar surface area (TPSA) is 72.5 Å². The van der Waals surface area contributed by atoms with Crippen molar-refractivity contribution in [3.05, 3.63) is 29.8 Å². The van der Waals surface area contributed by atoms with Gasteiger partial charge >= 0.3 is 6.09 Å². The van der Waals surface area contributed by atoms with Gasteiger partial charge in [0.05, 0.1) is 10.9 Å². The van der Waals surface area contributed by atoms with E-state index >= 15 is 0 Å². The van der Waals surface area contributed by atoms with Crippen LogP contribution in [-0.2, 0) is 14.6 Å². The second kappa shape index (κ2) is 3.79. The molecule has 0 aromatic heterocycles. The molecule has 1 fully saturated rings. The van der Waals surface area contributed by atoms with Crippen molar-refractivity contribution in [2.45, 2.75) is 10.9 Å². The van der Waals surface area contributed by atoms with Crippen molar-refractivity contribution in [1.82, 2.24) is 5.32 Å². The Morgan fingerprint density at radius 2 is 1.94 bits per heavy atom. The van der Waals surface area contributed by atoms with Gasteiger partial charge in [0.15, 0.2) is 9.84 Å². The molecular formula is C10H11NO4S. The lowest BCUT2D eigenvalue weighted by atomic mass is 10.1. The molecule has 0 spiro atoms. The average Bonchev–Trinajstić information content (AvgIpc) is 2.64. The van der Waals surface area contributed by atoms with E-state index in [2.05, 4.69) is 5.32 Å². The monoisotopic (exact) mass is 241 g/mol. The molecule has 1 aliphatic rings. The number of ether oxygens (including phenoxy) is 1. The van der Waals surface area contributed by atoms with Crippen LogP contribution in [0.2, 0.25) is 0 Å². The molecular weight excluding hydrogens is 230 g/mol. The van der Waals surface area contributed by atoms with Crippen molar-refractivity contribution < 1.29 is 17.9 Å². The molecule has 1 saturated heterocycles. The van der Waals surface area contributed by atoms with Gasteiger partial charge in [-0.1, -0.05) is 12.1 Å². The minimum atomic E-state index is -3.17. The molecule has 0 saturated carbocycles. The van der Waals surface area contributed by atoms with Gasteiger partial charge in [0.2, 0.25) is 0 Å². The van der Waals surface area contributed by atoms with Gasteiger partial charge in [0.25, 0.3) is 0 Å². The van der Waals surface area contributed by atoms with Gasteiger partial charge in [0, 0.05) is 6.26 Å². The Balaban J connectivity index is 2.23. The van der Waals surface area contributed by atoms with Crippen LogP contribution < -0.4 is 5.32 Å². The van der Waals surface area contributed by atoms with Gasteiger partial charge in [-0.2, -0.15) is 0 Å². The summed E-state index contributed by atoms with van der Waals surface area (Å²) >= 11 is 0. The number of carbonyl (C=O) groups is 1. The fraction of sp³-hybridized carbons (Fsp3) is 0.300. The summed E-state index contributed by atoms with van der Waals surface area (Å²) in [7, 11) is -3.17. The summed E-state index contributed by atoms with van der Waals surface area (Å²) < 4.78 is 27.2. The van der Waals surface area contributed by atoms with Crippen molar-refractivity contribution in [3.8, 4) is 0 Å². The van der Waals surface area contributed by atoms with E-state index in [-0.39, 0.29) is 17.5 Å². The summed E-state index contributed by atoms with van der Waals surface area (Å²) in [5.74, 6) is 0. The molecule has 2 rings (SSSR count). The number of benzene rings is 1. The predicted molar refractivity (Wildman–Crippen MR) is 56.8 cm³/mol. The number of hydrogen-bond acceptors (Lipinski definition) is 4. The maximum absolute atomic E-state index is 11.2. The van der Waals surface area contributed by atoms with E-state index in [1.165, 1.54) is 12.1 Å². The van der Waals surface area contributed by atoms with E-state index in [9.17, 15) is 13.2 Å². The summed E-state index contributed by atoms with van der Waals surface area (Å²) in [6.45, 7) is 0.275. The standard InChI is InChI=1S/C10H11NO4S/c1-16(13,14)8-4-2-7(3-5-8)9-6-15-10(12)11-9/h2-5,9H,6H2,1H3,(H,11,12)/t9-/m1/s1. The van der Waals surface area contributed by atoms with Gasteiger partial charge in [-0.3, -0.25) is 0 Å². The minimum Gasteiger partial charge on any atom is -0.447 e. The first-order valence-electron chi connectivity index (χ1n) is 4.70. The molecule has 1 aromatic carbocycles. The Labute approximate surface area is 93.3 Å². The summed E-state index contributed by atoms with van der Waals surface area (Å²) in [5, 5.41) is 2.62. The van der Waals surface area contributed by atoms with Gasteiger partial charge in [-0.25, -0.2) is 13.2 Å². The Morgan fingerprint density at radius 3 is 2.38 bits per heavy atom. The lowest BCUT2D eigenvalue weighted by Crippen LogP contribution is -2.18. The summed E-state index contributed by atoms with van der Waals surface area (Å²) in [5.41, 5.74) is 0.832. The van der Waals surface area contributed by atoms with Crippen LogP contribution in [0.4, 0.5) is 4.79 Å². The molecule has 1 amide bonds. The molecule has 0 aliphatic carbocycles. The normalized spacial score (nSPS) is 20.3. The molecule has 0 bridgehead atoms. The zero-order valence-electron chi connectivity index (χ0n) is 8.64. The number of nitrogens with one attached hydrogen (secondary N) is 1. The first-order chi connectivity index (χ1) is 7.47. The van der Waals surface area contributed by atoms with Crippen LogP contribution >= 0.6 is 0 Å². The highest BCUT2D eigenvalue weighted by Crippen LogP contribution is 2.19. The largest absolute Gasteiger partial charge is 0.447 e. The maximum atomic E-state index is 11.2. The zero-order valence-corrected chi connectivity index (χ0v) is 9.45. The molecule has 1 atom stereocenters. The predicted octanol–water partition coefficient (Wildman–Crippen LogP) is 0.871. The third-order valence-electron chi connectivity index (χ3n) is 2.38. The van der Waals surface area contributed by atoms with E-state index in [4.69, 9.17) is 4.74 Å². The van der Waals surface area contributed by atoms with E-state index in [0.29, 0.717) is 0 Å². The fourth-order valence-electron chi connectivity index (χ4n) is 1.51. The number of rotatable bonds is 2. The van der Waals surface area contributed by atoms with Crippen molar-refractivity contribution in [3.63, 3.8) is 0 Å². The van der Waals surface area contributed by atoms with Gasteiger partial charge in [-0.05, 0) is 17.7 Å². The molecule has 6 heteroatoms. The molecule has 5 nitrogen and oxygen atoms in total. The van der Waals surface area contributed by atoms with Gasteiger partial charge < -0.3 is 10.1 Å².